The highest BCUT2D eigenvalue weighted by Crippen LogP contribution is 2.30. The summed E-state index contributed by atoms with van der Waals surface area (Å²) >= 11 is 0. The van der Waals surface area contributed by atoms with E-state index in [4.69, 9.17) is 5.73 Å². The molecule has 1 fully saturated rings. The fourth-order valence-electron chi connectivity index (χ4n) is 2.03. The Morgan fingerprint density at radius 3 is 2.33 bits per heavy atom. The molecule has 2 N–H and O–H groups in total. The van der Waals surface area contributed by atoms with Crippen molar-refractivity contribution in [1.82, 2.24) is 0 Å². The molecule has 1 saturated carbocycles. The molecule has 84 valence electrons. The van der Waals surface area contributed by atoms with Crippen LogP contribution in [0, 0.1) is 5.92 Å². The van der Waals surface area contributed by atoms with E-state index in [1.807, 2.05) is 0 Å². The molecule has 0 aliphatic heterocycles. The summed E-state index contributed by atoms with van der Waals surface area (Å²) in [6.07, 6.45) is 6.47. The Bertz CT molecular complexity index is 278. The molecule has 4 nitrogen and oxygen atoms in total. The van der Waals surface area contributed by atoms with Crippen molar-refractivity contribution < 1.29 is 14.3 Å². The van der Waals surface area contributed by atoms with Crippen LogP contribution in [-0.2, 0) is 14.3 Å². The summed E-state index contributed by atoms with van der Waals surface area (Å²) in [6.45, 7) is 0. The van der Waals surface area contributed by atoms with E-state index in [0.717, 1.165) is 25.7 Å². The number of hydrogen-bond donors (Lipinski definition) is 1. The molecule has 0 aromatic rings. The number of carbonyl (C=O) groups is 2. The van der Waals surface area contributed by atoms with Gasteiger partial charge in [-0.15, -0.1) is 0 Å². The maximum Gasteiger partial charge on any atom is 0.334 e. The van der Waals surface area contributed by atoms with Gasteiger partial charge in [-0.3, -0.25) is 4.79 Å². The first-order valence-electron chi connectivity index (χ1n) is 5.24. The molecule has 0 bridgehead atoms. The smallest absolute Gasteiger partial charge is 0.334 e. The fraction of sp³-hybridized carbons (Fsp3) is 0.636. The van der Waals surface area contributed by atoms with E-state index >= 15 is 0 Å². The molecule has 0 unspecified atom stereocenters. The number of ether oxygens (including phenoxy) is 1. The zero-order chi connectivity index (χ0) is 11.3. The SMILES string of the molecule is COC(=O)C(=CC(N)=O)C1CCCCC1. The van der Waals surface area contributed by atoms with Gasteiger partial charge in [0.25, 0.3) is 0 Å². The molecule has 0 saturated heterocycles. The van der Waals surface area contributed by atoms with Crippen molar-refractivity contribution in [3.05, 3.63) is 11.6 Å². The van der Waals surface area contributed by atoms with Crippen molar-refractivity contribution in [2.75, 3.05) is 7.11 Å². The Morgan fingerprint density at radius 2 is 1.87 bits per heavy atom. The molecule has 0 atom stereocenters. The molecule has 0 heterocycles. The van der Waals surface area contributed by atoms with Gasteiger partial charge in [-0.2, -0.15) is 0 Å². The Balaban J connectivity index is 2.79. The van der Waals surface area contributed by atoms with Gasteiger partial charge in [0.1, 0.15) is 0 Å². The molecule has 0 spiro atoms. The molecular formula is C11H17NO3. The summed E-state index contributed by atoms with van der Waals surface area (Å²) in [5.41, 5.74) is 5.50. The summed E-state index contributed by atoms with van der Waals surface area (Å²) in [5.74, 6) is -0.875. The first-order valence-corrected chi connectivity index (χ1v) is 5.24. The van der Waals surface area contributed by atoms with Crippen LogP contribution in [-0.4, -0.2) is 19.0 Å². The number of esters is 1. The van der Waals surface area contributed by atoms with Gasteiger partial charge in [0.15, 0.2) is 0 Å². The minimum atomic E-state index is -0.582. The molecule has 0 aromatic carbocycles. The van der Waals surface area contributed by atoms with Crippen LogP contribution in [0.1, 0.15) is 32.1 Å². The van der Waals surface area contributed by atoms with Gasteiger partial charge in [-0.05, 0) is 18.8 Å². The second kappa shape index (κ2) is 5.53. The van der Waals surface area contributed by atoms with Gasteiger partial charge in [-0.1, -0.05) is 19.3 Å². The number of hydrogen-bond acceptors (Lipinski definition) is 3. The first kappa shape index (κ1) is 11.8. The van der Waals surface area contributed by atoms with Crippen LogP contribution in [0.15, 0.2) is 11.6 Å². The standard InChI is InChI=1S/C11H17NO3/c1-15-11(14)9(7-10(12)13)8-5-3-2-4-6-8/h7-8H,2-6H2,1H3,(H2,12,13). The predicted octanol–water partition coefficient (Wildman–Crippen LogP) is 1.15. The van der Waals surface area contributed by atoms with Crippen LogP contribution in [0.2, 0.25) is 0 Å². The largest absolute Gasteiger partial charge is 0.466 e. The third-order valence-corrected chi connectivity index (χ3v) is 2.76. The molecule has 4 heteroatoms. The lowest BCUT2D eigenvalue weighted by Crippen LogP contribution is -2.20. The van der Waals surface area contributed by atoms with Gasteiger partial charge >= 0.3 is 5.97 Å². The normalized spacial score (nSPS) is 18.6. The van der Waals surface area contributed by atoms with Gasteiger partial charge in [-0.25, -0.2) is 4.79 Å². The zero-order valence-corrected chi connectivity index (χ0v) is 8.99. The Labute approximate surface area is 89.5 Å². The number of methoxy groups -OCH3 is 1. The minimum Gasteiger partial charge on any atom is -0.466 e. The second-order valence-electron chi connectivity index (χ2n) is 3.83. The Kier molecular flexibility index (Phi) is 4.34. The van der Waals surface area contributed by atoms with Gasteiger partial charge < -0.3 is 10.5 Å². The minimum absolute atomic E-state index is 0.138. The maximum absolute atomic E-state index is 11.4. The van der Waals surface area contributed by atoms with Crippen LogP contribution in [0.5, 0.6) is 0 Å². The lowest BCUT2D eigenvalue weighted by Gasteiger charge is -2.22. The molecule has 1 rings (SSSR count). The van der Waals surface area contributed by atoms with E-state index in [9.17, 15) is 9.59 Å². The topological polar surface area (TPSA) is 69.4 Å². The third kappa shape index (κ3) is 3.38. The number of carbonyl (C=O) groups excluding carboxylic acids is 2. The van der Waals surface area contributed by atoms with Crippen LogP contribution in [0.4, 0.5) is 0 Å². The molecule has 1 amide bonds. The highest BCUT2D eigenvalue weighted by molar-refractivity contribution is 5.98. The summed E-state index contributed by atoms with van der Waals surface area (Å²) in [7, 11) is 1.32. The van der Waals surface area contributed by atoms with Crippen LogP contribution < -0.4 is 5.73 Å². The molecule has 0 aromatic heterocycles. The third-order valence-electron chi connectivity index (χ3n) is 2.76. The van der Waals surface area contributed by atoms with Crippen molar-refractivity contribution in [3.63, 3.8) is 0 Å². The predicted molar refractivity (Wildman–Crippen MR) is 55.9 cm³/mol. The van der Waals surface area contributed by atoms with Crippen LogP contribution in [0.3, 0.4) is 0 Å². The molecule has 1 aliphatic carbocycles. The van der Waals surface area contributed by atoms with Gasteiger partial charge in [0, 0.05) is 11.6 Å². The molecular weight excluding hydrogens is 194 g/mol. The van der Waals surface area contributed by atoms with E-state index in [-0.39, 0.29) is 5.92 Å². The molecule has 15 heavy (non-hydrogen) atoms. The number of rotatable bonds is 3. The lowest BCUT2D eigenvalue weighted by atomic mass is 9.83. The van der Waals surface area contributed by atoms with E-state index < -0.39 is 11.9 Å². The molecule has 0 radical (unpaired) electrons. The fourth-order valence-corrected chi connectivity index (χ4v) is 2.03. The summed E-state index contributed by atoms with van der Waals surface area (Å²) in [5, 5.41) is 0. The van der Waals surface area contributed by atoms with E-state index in [1.165, 1.54) is 19.6 Å². The summed E-state index contributed by atoms with van der Waals surface area (Å²) in [4.78, 5) is 22.3. The number of primary amides is 1. The zero-order valence-electron chi connectivity index (χ0n) is 8.99. The Morgan fingerprint density at radius 1 is 1.27 bits per heavy atom. The highest BCUT2D eigenvalue weighted by atomic mass is 16.5. The van der Waals surface area contributed by atoms with E-state index in [1.54, 1.807) is 0 Å². The van der Waals surface area contributed by atoms with Crippen molar-refractivity contribution >= 4 is 11.9 Å². The van der Waals surface area contributed by atoms with Gasteiger partial charge in [0.05, 0.1) is 7.11 Å². The van der Waals surface area contributed by atoms with Crippen LogP contribution >= 0.6 is 0 Å². The van der Waals surface area contributed by atoms with Crippen molar-refractivity contribution in [3.8, 4) is 0 Å². The van der Waals surface area contributed by atoms with Crippen molar-refractivity contribution in [2.24, 2.45) is 11.7 Å². The maximum atomic E-state index is 11.4. The van der Waals surface area contributed by atoms with Crippen molar-refractivity contribution in [1.29, 1.82) is 0 Å². The monoisotopic (exact) mass is 211 g/mol. The Hall–Kier alpha value is -1.32. The quantitative estimate of drug-likeness (QED) is 0.562. The lowest BCUT2D eigenvalue weighted by molar-refractivity contribution is -0.137. The molecule has 1 aliphatic rings. The summed E-state index contributed by atoms with van der Waals surface area (Å²) < 4.78 is 4.65. The van der Waals surface area contributed by atoms with Crippen molar-refractivity contribution in [2.45, 2.75) is 32.1 Å². The van der Waals surface area contributed by atoms with E-state index in [2.05, 4.69) is 4.74 Å². The van der Waals surface area contributed by atoms with Crippen LogP contribution in [0.25, 0.3) is 0 Å². The second-order valence-corrected chi connectivity index (χ2v) is 3.83. The average molecular weight is 211 g/mol. The highest BCUT2D eigenvalue weighted by Gasteiger charge is 2.24. The van der Waals surface area contributed by atoms with Gasteiger partial charge in [0.2, 0.25) is 5.91 Å². The number of nitrogens with two attached hydrogens (primary N) is 1. The van der Waals surface area contributed by atoms with E-state index in [0.29, 0.717) is 5.57 Å². The summed E-state index contributed by atoms with van der Waals surface area (Å²) in [6, 6.07) is 0. The number of amides is 1. The average Bonchev–Trinajstić information content (AvgIpc) is 2.26. The first-order chi connectivity index (χ1) is 7.15.